The van der Waals surface area contributed by atoms with Crippen molar-refractivity contribution < 1.29 is 27.8 Å². The van der Waals surface area contributed by atoms with Crippen LogP contribution in [0.2, 0.25) is 0 Å². The largest absolute Gasteiger partial charge is 0.494 e. The molecule has 2 heterocycles. The predicted molar refractivity (Wildman–Crippen MR) is 233 cm³/mol. The Morgan fingerprint density at radius 3 is 0.914 bits per heavy atom. The molecule has 322 valence electrons. The van der Waals surface area contributed by atoms with Crippen LogP contribution in [-0.4, -0.2) is 46.8 Å². The summed E-state index contributed by atoms with van der Waals surface area (Å²) in [6, 6.07) is 15.6. The summed E-state index contributed by atoms with van der Waals surface area (Å²) in [7, 11) is 0. The van der Waals surface area contributed by atoms with E-state index >= 15 is 0 Å². The Morgan fingerprint density at radius 2 is 0.603 bits per heavy atom. The van der Waals surface area contributed by atoms with Crippen molar-refractivity contribution in [2.75, 3.05) is 26.4 Å². The van der Waals surface area contributed by atoms with Crippen molar-refractivity contribution >= 4 is 0 Å². The molecule has 0 aliphatic rings. The van der Waals surface area contributed by atoms with Gasteiger partial charge in [0.05, 0.1) is 26.4 Å². The van der Waals surface area contributed by atoms with E-state index in [0.29, 0.717) is 38.2 Å². The third kappa shape index (κ3) is 20.6. The van der Waals surface area contributed by atoms with Crippen molar-refractivity contribution in [1.29, 1.82) is 0 Å². The molecule has 0 unspecified atom stereocenters. The first-order valence-electron chi connectivity index (χ1n) is 23.1. The molecule has 2 aromatic heterocycles. The molecule has 58 heavy (non-hydrogen) atoms. The van der Waals surface area contributed by atoms with Crippen LogP contribution in [0.15, 0.2) is 57.4 Å². The highest BCUT2D eigenvalue weighted by atomic mass is 16.6. The average Bonchev–Trinajstić information content (AvgIpc) is 3.93. The van der Waals surface area contributed by atoms with Gasteiger partial charge in [-0.05, 0) is 74.2 Å². The predicted octanol–water partition coefficient (Wildman–Crippen LogP) is 14.2. The van der Waals surface area contributed by atoms with Gasteiger partial charge in [0.1, 0.15) is 11.5 Å². The van der Waals surface area contributed by atoms with Crippen LogP contribution in [0.5, 0.6) is 23.7 Å². The van der Waals surface area contributed by atoms with Gasteiger partial charge in [-0.15, -0.1) is 10.2 Å². The van der Waals surface area contributed by atoms with Gasteiger partial charge in [0, 0.05) is 11.1 Å². The Morgan fingerprint density at radius 1 is 0.328 bits per heavy atom. The molecule has 0 aliphatic carbocycles. The minimum atomic E-state index is 0.237. The Hall–Kier alpha value is -4.08. The quantitative estimate of drug-likeness (QED) is 0.0408. The number of ether oxygens (including phenoxy) is 4. The highest BCUT2D eigenvalue weighted by Crippen LogP contribution is 2.26. The first kappa shape index (κ1) is 46.6. The zero-order valence-corrected chi connectivity index (χ0v) is 36.1. The van der Waals surface area contributed by atoms with E-state index in [9.17, 15) is 0 Å². The number of unbranched alkanes of at least 4 members (excludes halogenated alkanes) is 23. The van der Waals surface area contributed by atoms with Crippen molar-refractivity contribution in [3.8, 4) is 46.6 Å². The highest BCUT2D eigenvalue weighted by molar-refractivity contribution is 5.55. The van der Waals surface area contributed by atoms with Gasteiger partial charge >= 0.3 is 12.2 Å². The number of aromatic nitrogens is 4. The van der Waals surface area contributed by atoms with Crippen LogP contribution in [0.4, 0.5) is 0 Å². The van der Waals surface area contributed by atoms with E-state index in [1.165, 1.54) is 128 Å². The van der Waals surface area contributed by atoms with Crippen LogP contribution in [0.3, 0.4) is 0 Å². The van der Waals surface area contributed by atoms with Gasteiger partial charge in [0.25, 0.3) is 11.8 Å². The molecule has 0 N–H and O–H groups in total. The van der Waals surface area contributed by atoms with Gasteiger partial charge in [0.2, 0.25) is 0 Å². The van der Waals surface area contributed by atoms with Crippen molar-refractivity contribution in [2.45, 2.75) is 181 Å². The number of hydrogen-bond acceptors (Lipinski definition) is 10. The zero-order valence-electron chi connectivity index (χ0n) is 36.1. The molecular weight excluding hydrogens is 729 g/mol. The van der Waals surface area contributed by atoms with Gasteiger partial charge in [-0.1, -0.05) is 165 Å². The van der Waals surface area contributed by atoms with Gasteiger partial charge in [-0.2, -0.15) is 0 Å². The lowest BCUT2D eigenvalue weighted by Gasteiger charge is -2.07. The average molecular weight is 803 g/mol. The van der Waals surface area contributed by atoms with E-state index < -0.39 is 0 Å². The molecule has 0 fully saturated rings. The Kier molecular flexibility index (Phi) is 24.8. The lowest BCUT2D eigenvalue weighted by Crippen LogP contribution is -1.98. The lowest BCUT2D eigenvalue weighted by molar-refractivity contribution is 0.225. The first-order valence-corrected chi connectivity index (χ1v) is 23.1. The molecule has 0 atom stereocenters. The SMILES string of the molecule is CCCCCCCCCCCCOc1nnc(-c2ccc(OCCCCCCCCOc3ccc(-c4nnc(OCCCCCCCCCCCC)o4)cc3)cc2)o1. The topological polar surface area (TPSA) is 115 Å². The molecular formula is C48H74N4O6. The van der Waals surface area contributed by atoms with E-state index in [1.54, 1.807) is 0 Å². The summed E-state index contributed by atoms with van der Waals surface area (Å²) in [5, 5.41) is 16.4. The van der Waals surface area contributed by atoms with Crippen molar-refractivity contribution in [3.63, 3.8) is 0 Å². The Balaban J connectivity index is 0.945. The molecule has 0 radical (unpaired) electrons. The van der Waals surface area contributed by atoms with Crippen LogP contribution >= 0.6 is 0 Å². The summed E-state index contributed by atoms with van der Waals surface area (Å²) in [4.78, 5) is 0. The number of rotatable bonds is 37. The fraction of sp³-hybridized carbons (Fsp3) is 0.667. The van der Waals surface area contributed by atoms with Gasteiger partial charge < -0.3 is 27.8 Å². The van der Waals surface area contributed by atoms with Gasteiger partial charge in [-0.25, -0.2) is 0 Å². The maximum Gasteiger partial charge on any atom is 0.414 e. The van der Waals surface area contributed by atoms with Crippen LogP contribution in [0.1, 0.15) is 181 Å². The Labute approximate surface area is 349 Å². The molecule has 0 spiro atoms. The molecule has 10 heteroatoms. The van der Waals surface area contributed by atoms with E-state index in [-0.39, 0.29) is 12.2 Å². The monoisotopic (exact) mass is 803 g/mol. The standard InChI is InChI=1S/C48H74N4O6/c1-3-5-7-9-11-13-15-17-23-27-39-55-47-51-49-45(57-47)41-29-33-43(34-30-41)53-37-25-21-19-20-22-26-38-54-44-35-31-42(32-36-44)46-50-52-48(58-46)56-40-28-24-18-16-14-12-10-8-6-4-2/h29-36H,3-28,37-40H2,1-2H3. The molecule has 0 saturated heterocycles. The fourth-order valence-electron chi connectivity index (χ4n) is 6.95. The second-order valence-corrected chi connectivity index (χ2v) is 15.7. The van der Waals surface area contributed by atoms with Crippen LogP contribution in [-0.2, 0) is 0 Å². The molecule has 0 aliphatic heterocycles. The zero-order chi connectivity index (χ0) is 40.6. The minimum Gasteiger partial charge on any atom is -0.494 e. The molecule has 10 nitrogen and oxygen atoms in total. The summed E-state index contributed by atoms with van der Waals surface area (Å²) in [6.45, 7) is 7.15. The smallest absolute Gasteiger partial charge is 0.414 e. The van der Waals surface area contributed by atoms with Crippen LogP contribution < -0.4 is 18.9 Å². The first-order chi connectivity index (χ1) is 28.7. The lowest BCUT2D eigenvalue weighted by atomic mass is 10.1. The summed E-state index contributed by atoms with van der Waals surface area (Å²) in [5.74, 6) is 2.61. The van der Waals surface area contributed by atoms with E-state index in [0.717, 1.165) is 61.2 Å². The van der Waals surface area contributed by atoms with Crippen molar-refractivity contribution in [2.24, 2.45) is 0 Å². The summed E-state index contributed by atoms with van der Waals surface area (Å²) >= 11 is 0. The maximum atomic E-state index is 5.97. The highest BCUT2D eigenvalue weighted by Gasteiger charge is 2.11. The normalized spacial score (nSPS) is 11.3. The fourth-order valence-corrected chi connectivity index (χ4v) is 6.95. The van der Waals surface area contributed by atoms with E-state index in [1.807, 2.05) is 48.5 Å². The number of benzene rings is 2. The second kappa shape index (κ2) is 30.9. The third-order valence-corrected chi connectivity index (χ3v) is 10.5. The molecule has 0 amide bonds. The minimum absolute atomic E-state index is 0.237. The molecule has 4 rings (SSSR count). The van der Waals surface area contributed by atoms with Crippen molar-refractivity contribution in [3.05, 3.63) is 48.5 Å². The molecule has 2 aromatic carbocycles. The third-order valence-electron chi connectivity index (χ3n) is 10.5. The van der Waals surface area contributed by atoms with Gasteiger partial charge in [-0.3, -0.25) is 0 Å². The van der Waals surface area contributed by atoms with Crippen LogP contribution in [0, 0.1) is 0 Å². The number of nitrogens with zero attached hydrogens (tertiary/aromatic N) is 4. The second-order valence-electron chi connectivity index (χ2n) is 15.7. The van der Waals surface area contributed by atoms with E-state index in [4.69, 9.17) is 27.8 Å². The molecule has 0 saturated carbocycles. The van der Waals surface area contributed by atoms with Gasteiger partial charge in [0.15, 0.2) is 0 Å². The summed E-state index contributed by atoms with van der Waals surface area (Å²) in [6.07, 6.45) is 33.0. The summed E-state index contributed by atoms with van der Waals surface area (Å²) < 4.78 is 34.8. The van der Waals surface area contributed by atoms with E-state index in [2.05, 4.69) is 34.2 Å². The molecule has 0 bridgehead atoms. The molecule has 4 aromatic rings. The summed E-state index contributed by atoms with van der Waals surface area (Å²) in [5.41, 5.74) is 1.71. The van der Waals surface area contributed by atoms with Crippen molar-refractivity contribution in [1.82, 2.24) is 20.4 Å². The Bertz CT molecular complexity index is 1420. The van der Waals surface area contributed by atoms with Crippen LogP contribution in [0.25, 0.3) is 22.9 Å². The maximum absolute atomic E-state index is 5.97. The number of hydrogen-bond donors (Lipinski definition) is 0.